The molecule has 2 aromatic carbocycles. The van der Waals surface area contributed by atoms with Crippen LogP contribution in [-0.4, -0.2) is 18.6 Å². The van der Waals surface area contributed by atoms with Gasteiger partial charge in [-0.15, -0.1) is 0 Å². The lowest BCUT2D eigenvalue weighted by Gasteiger charge is -2.18. The monoisotopic (exact) mass is 378 g/mol. The molecule has 0 saturated carbocycles. The first-order chi connectivity index (χ1) is 13.7. The molecule has 0 spiro atoms. The van der Waals surface area contributed by atoms with E-state index in [1.807, 2.05) is 30.3 Å². The van der Waals surface area contributed by atoms with Crippen LogP contribution in [0.25, 0.3) is 0 Å². The molecule has 1 atom stereocenters. The Morgan fingerprint density at radius 3 is 2.75 bits per heavy atom. The van der Waals surface area contributed by atoms with Crippen LogP contribution in [-0.2, 0) is 11.3 Å². The van der Waals surface area contributed by atoms with Crippen molar-refractivity contribution in [1.82, 2.24) is 5.32 Å². The summed E-state index contributed by atoms with van der Waals surface area (Å²) in [5.41, 5.74) is 1.89. The van der Waals surface area contributed by atoms with Gasteiger partial charge >= 0.3 is 0 Å². The summed E-state index contributed by atoms with van der Waals surface area (Å²) >= 11 is 0. The van der Waals surface area contributed by atoms with E-state index in [4.69, 9.17) is 9.47 Å². The fourth-order valence-electron chi connectivity index (χ4n) is 3.39. The van der Waals surface area contributed by atoms with E-state index in [9.17, 15) is 9.59 Å². The Hall–Kier alpha value is -3.28. The first-order valence-corrected chi connectivity index (χ1v) is 9.42. The highest BCUT2D eigenvalue weighted by molar-refractivity contribution is 6.04. The second-order valence-corrected chi connectivity index (χ2v) is 6.89. The Kier molecular flexibility index (Phi) is 5.28. The molecule has 0 bridgehead atoms. The number of allylic oxidation sites excluding steroid dienone is 2. The third-order valence-electron chi connectivity index (χ3n) is 4.96. The maximum absolute atomic E-state index is 12.7. The number of rotatable bonds is 5. The van der Waals surface area contributed by atoms with Gasteiger partial charge in [0.25, 0.3) is 5.91 Å². The smallest absolute Gasteiger partial charge is 0.253 e. The lowest BCUT2D eigenvalue weighted by Crippen LogP contribution is -2.27. The van der Waals surface area contributed by atoms with Crippen molar-refractivity contribution in [2.24, 2.45) is 5.92 Å². The van der Waals surface area contributed by atoms with Gasteiger partial charge in [0.2, 0.25) is 12.7 Å². The lowest BCUT2D eigenvalue weighted by atomic mass is 9.93. The maximum Gasteiger partial charge on any atom is 0.253 e. The minimum absolute atomic E-state index is 0.0413. The molecule has 0 radical (unpaired) electrons. The third-order valence-corrected chi connectivity index (χ3v) is 4.96. The number of hydrogen-bond acceptors (Lipinski definition) is 4. The number of nitrogens with one attached hydrogen (secondary N) is 2. The molecule has 1 aliphatic heterocycles. The summed E-state index contributed by atoms with van der Waals surface area (Å²) in [5, 5.41) is 5.82. The summed E-state index contributed by atoms with van der Waals surface area (Å²) in [7, 11) is 0. The normalized spacial score (nSPS) is 17.2. The number of carbonyl (C=O) groups excluding carboxylic acids is 2. The summed E-state index contributed by atoms with van der Waals surface area (Å²) in [5.74, 6) is 1.06. The quantitative estimate of drug-likeness (QED) is 0.779. The molecule has 2 amide bonds. The molecule has 6 nitrogen and oxygen atoms in total. The van der Waals surface area contributed by atoms with Crippen molar-refractivity contribution in [1.29, 1.82) is 0 Å². The molecule has 2 N–H and O–H groups in total. The van der Waals surface area contributed by atoms with E-state index in [-0.39, 0.29) is 24.5 Å². The minimum Gasteiger partial charge on any atom is -0.454 e. The van der Waals surface area contributed by atoms with Crippen molar-refractivity contribution in [3.63, 3.8) is 0 Å². The predicted octanol–water partition coefficient (Wildman–Crippen LogP) is 3.64. The van der Waals surface area contributed by atoms with Gasteiger partial charge in [-0.2, -0.15) is 0 Å². The molecule has 1 heterocycles. The number of hydrogen-bond donors (Lipinski definition) is 2. The van der Waals surface area contributed by atoms with Crippen LogP contribution >= 0.6 is 0 Å². The van der Waals surface area contributed by atoms with Crippen molar-refractivity contribution in [2.45, 2.75) is 25.8 Å². The van der Waals surface area contributed by atoms with E-state index in [2.05, 4.69) is 16.7 Å². The molecule has 2 aliphatic rings. The standard InChI is InChI=1S/C22H22N2O4/c25-21(16-6-2-1-3-7-16)24-18-9-5-4-8-17(18)22(26)23-13-15-10-11-19-20(12-15)28-14-27-19/h1-2,4-5,8-12,16H,3,6-7,13-14H2,(H,23,26)(H,24,25)/t16-/m1/s1. The maximum atomic E-state index is 12.7. The van der Waals surface area contributed by atoms with Gasteiger partial charge in [0.15, 0.2) is 11.5 Å². The van der Waals surface area contributed by atoms with Crippen molar-refractivity contribution >= 4 is 17.5 Å². The molecule has 0 aromatic heterocycles. The molecular weight excluding hydrogens is 356 g/mol. The molecule has 28 heavy (non-hydrogen) atoms. The number of amides is 2. The number of carbonyl (C=O) groups is 2. The zero-order chi connectivity index (χ0) is 19.3. The number of anilines is 1. The van der Waals surface area contributed by atoms with Gasteiger partial charge < -0.3 is 20.1 Å². The molecule has 1 aliphatic carbocycles. The number of fused-ring (bicyclic) bond motifs is 1. The number of para-hydroxylation sites is 1. The van der Waals surface area contributed by atoms with Gasteiger partial charge in [-0.25, -0.2) is 0 Å². The van der Waals surface area contributed by atoms with Crippen molar-refractivity contribution in [3.05, 3.63) is 65.7 Å². The van der Waals surface area contributed by atoms with E-state index in [1.165, 1.54) is 0 Å². The Morgan fingerprint density at radius 1 is 1.04 bits per heavy atom. The Bertz CT molecular complexity index is 923. The summed E-state index contributed by atoms with van der Waals surface area (Å²) in [6, 6.07) is 12.6. The Morgan fingerprint density at radius 2 is 1.89 bits per heavy atom. The average molecular weight is 378 g/mol. The van der Waals surface area contributed by atoms with Crippen LogP contribution in [0.4, 0.5) is 5.69 Å². The van der Waals surface area contributed by atoms with E-state index in [0.29, 0.717) is 29.3 Å². The average Bonchev–Trinajstić information content (AvgIpc) is 3.21. The van der Waals surface area contributed by atoms with Crippen LogP contribution in [0.2, 0.25) is 0 Å². The summed E-state index contributed by atoms with van der Waals surface area (Å²) in [4.78, 5) is 25.2. The molecule has 0 fully saturated rings. The number of ether oxygens (including phenoxy) is 2. The zero-order valence-corrected chi connectivity index (χ0v) is 15.4. The van der Waals surface area contributed by atoms with Crippen LogP contribution in [0, 0.1) is 5.92 Å². The second-order valence-electron chi connectivity index (χ2n) is 6.89. The molecule has 0 saturated heterocycles. The van der Waals surface area contributed by atoms with Crippen LogP contribution in [0.1, 0.15) is 35.2 Å². The van der Waals surface area contributed by atoms with Crippen LogP contribution in [0.15, 0.2) is 54.6 Å². The van der Waals surface area contributed by atoms with E-state index in [1.54, 1.807) is 18.2 Å². The van der Waals surface area contributed by atoms with Gasteiger partial charge in [0.05, 0.1) is 11.3 Å². The van der Waals surface area contributed by atoms with E-state index >= 15 is 0 Å². The first kappa shape index (κ1) is 18.1. The SMILES string of the molecule is O=C(NCc1ccc2c(c1)OCO2)c1ccccc1NC(=O)[C@@H]1CC=CCC1. The fraction of sp³-hybridized carbons (Fsp3) is 0.273. The van der Waals surface area contributed by atoms with Gasteiger partial charge in [-0.05, 0) is 49.1 Å². The number of benzene rings is 2. The molecule has 4 rings (SSSR count). The highest BCUT2D eigenvalue weighted by Gasteiger charge is 2.21. The third kappa shape index (κ3) is 4.01. The predicted molar refractivity (Wildman–Crippen MR) is 105 cm³/mol. The van der Waals surface area contributed by atoms with Crippen LogP contribution in [0.3, 0.4) is 0 Å². The zero-order valence-electron chi connectivity index (χ0n) is 15.4. The largest absolute Gasteiger partial charge is 0.454 e. The van der Waals surface area contributed by atoms with E-state index < -0.39 is 0 Å². The van der Waals surface area contributed by atoms with Crippen LogP contribution in [0.5, 0.6) is 11.5 Å². The van der Waals surface area contributed by atoms with E-state index in [0.717, 1.165) is 24.8 Å². The van der Waals surface area contributed by atoms with Crippen LogP contribution < -0.4 is 20.1 Å². The first-order valence-electron chi connectivity index (χ1n) is 9.42. The molecule has 144 valence electrons. The van der Waals surface area contributed by atoms with Crippen molar-refractivity contribution in [2.75, 3.05) is 12.1 Å². The van der Waals surface area contributed by atoms with Gasteiger partial charge in [0, 0.05) is 12.5 Å². The fourth-order valence-corrected chi connectivity index (χ4v) is 3.39. The van der Waals surface area contributed by atoms with Crippen molar-refractivity contribution in [3.8, 4) is 11.5 Å². The molecule has 6 heteroatoms. The second kappa shape index (κ2) is 8.17. The molecular formula is C22H22N2O4. The highest BCUT2D eigenvalue weighted by Crippen LogP contribution is 2.32. The highest BCUT2D eigenvalue weighted by atomic mass is 16.7. The topological polar surface area (TPSA) is 76.7 Å². The Labute approximate surface area is 163 Å². The summed E-state index contributed by atoms with van der Waals surface area (Å²) in [6.07, 6.45) is 6.62. The molecule has 0 unspecified atom stereocenters. The van der Waals surface area contributed by atoms with Gasteiger partial charge in [-0.1, -0.05) is 30.4 Å². The molecule has 2 aromatic rings. The Balaban J connectivity index is 1.41. The van der Waals surface area contributed by atoms with Gasteiger partial charge in [-0.3, -0.25) is 9.59 Å². The summed E-state index contributed by atoms with van der Waals surface area (Å²) in [6.45, 7) is 0.570. The van der Waals surface area contributed by atoms with Gasteiger partial charge in [0.1, 0.15) is 0 Å². The minimum atomic E-state index is -0.239. The summed E-state index contributed by atoms with van der Waals surface area (Å²) < 4.78 is 10.7. The lowest BCUT2D eigenvalue weighted by molar-refractivity contribution is -0.120. The van der Waals surface area contributed by atoms with Crippen molar-refractivity contribution < 1.29 is 19.1 Å².